The Bertz CT molecular complexity index is 674. The smallest absolute Gasteiger partial charge is 0.270 e. The zero-order chi connectivity index (χ0) is 18.1. The van der Waals surface area contributed by atoms with E-state index in [9.17, 15) is 4.79 Å². The Morgan fingerprint density at radius 1 is 1.20 bits per heavy atom. The first-order chi connectivity index (χ1) is 12.1. The molecule has 25 heavy (non-hydrogen) atoms. The summed E-state index contributed by atoms with van der Waals surface area (Å²) in [6.45, 7) is 4.98. The number of anilines is 1. The van der Waals surface area contributed by atoms with E-state index in [0.717, 1.165) is 23.6 Å². The van der Waals surface area contributed by atoms with E-state index in [1.165, 1.54) is 0 Å². The highest BCUT2D eigenvalue weighted by Gasteiger charge is 2.08. The molecule has 6 heteroatoms. The van der Waals surface area contributed by atoms with Crippen molar-refractivity contribution < 1.29 is 14.3 Å². The second-order valence-electron chi connectivity index (χ2n) is 5.66. The lowest BCUT2D eigenvalue weighted by molar-refractivity contribution is 0.0942. The van der Waals surface area contributed by atoms with Crippen LogP contribution in [-0.2, 0) is 0 Å². The molecule has 1 aromatic carbocycles. The molecular formula is C19H25N3O3. The lowest BCUT2D eigenvalue weighted by Gasteiger charge is -2.13. The fraction of sp³-hybridized carbons (Fsp3) is 0.368. The number of carbonyl (C=O) groups is 1. The monoisotopic (exact) mass is 343 g/mol. The number of ether oxygens (including phenoxy) is 2. The van der Waals surface area contributed by atoms with Gasteiger partial charge in [-0.1, -0.05) is 6.92 Å². The predicted molar refractivity (Wildman–Crippen MR) is 98.4 cm³/mol. The van der Waals surface area contributed by atoms with Crippen LogP contribution in [0.15, 0.2) is 42.6 Å². The van der Waals surface area contributed by atoms with Gasteiger partial charge in [-0.15, -0.1) is 0 Å². The number of carbonyl (C=O) groups excluding carboxylic acids is 1. The van der Waals surface area contributed by atoms with Gasteiger partial charge in [0.05, 0.1) is 13.7 Å². The normalized spacial score (nSPS) is 11.5. The number of hydrogen-bond acceptors (Lipinski definition) is 5. The van der Waals surface area contributed by atoms with Crippen LogP contribution in [0.4, 0.5) is 5.69 Å². The highest BCUT2D eigenvalue weighted by atomic mass is 16.5. The van der Waals surface area contributed by atoms with Crippen LogP contribution in [0, 0.1) is 0 Å². The van der Waals surface area contributed by atoms with E-state index in [1.54, 1.807) is 19.4 Å². The molecule has 0 spiro atoms. The number of hydrogen-bond donors (Lipinski definition) is 2. The summed E-state index contributed by atoms with van der Waals surface area (Å²) in [6.07, 6.45) is 2.64. The van der Waals surface area contributed by atoms with Gasteiger partial charge in [0.2, 0.25) is 0 Å². The molecule has 0 fully saturated rings. The quantitative estimate of drug-likeness (QED) is 0.685. The first-order valence-electron chi connectivity index (χ1n) is 8.40. The van der Waals surface area contributed by atoms with E-state index in [2.05, 4.69) is 29.5 Å². The fourth-order valence-electron chi connectivity index (χ4n) is 2.13. The van der Waals surface area contributed by atoms with Crippen molar-refractivity contribution in [2.75, 3.05) is 25.6 Å². The second kappa shape index (κ2) is 9.52. The summed E-state index contributed by atoms with van der Waals surface area (Å²) in [5.74, 6) is 1.29. The maximum absolute atomic E-state index is 12.2. The van der Waals surface area contributed by atoms with Crippen LogP contribution in [0.5, 0.6) is 11.5 Å². The minimum Gasteiger partial charge on any atom is -0.497 e. The maximum Gasteiger partial charge on any atom is 0.270 e. The standard InChI is InChI=1S/C19H25N3O3/c1-4-14(2)22-15-9-10-20-18(13-15)19(23)21-11-12-25-17-7-5-16(24-3)6-8-17/h5-10,13-14H,4,11-12H2,1-3H3,(H,20,22)(H,21,23). The van der Waals surface area contributed by atoms with Crippen LogP contribution in [0.2, 0.25) is 0 Å². The van der Waals surface area contributed by atoms with Gasteiger partial charge in [-0.05, 0) is 49.7 Å². The molecule has 0 saturated heterocycles. The Balaban J connectivity index is 1.78. The Hall–Kier alpha value is -2.76. The van der Waals surface area contributed by atoms with Crippen molar-refractivity contribution in [3.8, 4) is 11.5 Å². The van der Waals surface area contributed by atoms with Gasteiger partial charge in [0, 0.05) is 17.9 Å². The van der Waals surface area contributed by atoms with Crippen LogP contribution in [0.1, 0.15) is 30.8 Å². The van der Waals surface area contributed by atoms with Crippen molar-refractivity contribution in [3.63, 3.8) is 0 Å². The fourth-order valence-corrected chi connectivity index (χ4v) is 2.13. The third-order valence-corrected chi connectivity index (χ3v) is 3.73. The van der Waals surface area contributed by atoms with Gasteiger partial charge in [-0.3, -0.25) is 9.78 Å². The van der Waals surface area contributed by atoms with E-state index < -0.39 is 0 Å². The molecule has 0 aliphatic carbocycles. The summed E-state index contributed by atoms with van der Waals surface area (Å²) in [4.78, 5) is 16.3. The lowest BCUT2D eigenvalue weighted by Crippen LogP contribution is -2.29. The Kier molecular flexibility index (Phi) is 7.07. The number of nitrogens with one attached hydrogen (secondary N) is 2. The highest BCUT2D eigenvalue weighted by Crippen LogP contribution is 2.16. The summed E-state index contributed by atoms with van der Waals surface area (Å²) in [5, 5.41) is 6.14. The highest BCUT2D eigenvalue weighted by molar-refractivity contribution is 5.93. The molecular weight excluding hydrogens is 318 g/mol. The van der Waals surface area contributed by atoms with Crippen molar-refractivity contribution in [2.45, 2.75) is 26.3 Å². The molecule has 2 rings (SSSR count). The number of methoxy groups -OCH3 is 1. The molecule has 0 bridgehead atoms. The predicted octanol–water partition coefficient (Wildman–Crippen LogP) is 3.11. The van der Waals surface area contributed by atoms with Crippen LogP contribution >= 0.6 is 0 Å². The Labute approximate surface area is 148 Å². The molecule has 2 aromatic rings. The largest absolute Gasteiger partial charge is 0.497 e. The van der Waals surface area contributed by atoms with Crippen molar-refractivity contribution in [1.29, 1.82) is 0 Å². The van der Waals surface area contributed by atoms with E-state index in [-0.39, 0.29) is 5.91 Å². The van der Waals surface area contributed by atoms with E-state index in [1.807, 2.05) is 30.3 Å². The van der Waals surface area contributed by atoms with Gasteiger partial charge in [-0.2, -0.15) is 0 Å². The Morgan fingerprint density at radius 2 is 1.92 bits per heavy atom. The number of nitrogens with zero attached hydrogens (tertiary/aromatic N) is 1. The number of pyridine rings is 1. The van der Waals surface area contributed by atoms with Crippen LogP contribution < -0.4 is 20.1 Å². The van der Waals surface area contributed by atoms with Crippen molar-refractivity contribution in [1.82, 2.24) is 10.3 Å². The molecule has 134 valence electrons. The SMILES string of the molecule is CCC(C)Nc1ccnc(C(=O)NCCOc2ccc(OC)cc2)c1. The molecule has 1 heterocycles. The van der Waals surface area contributed by atoms with Crippen LogP contribution in [0.25, 0.3) is 0 Å². The molecule has 1 amide bonds. The Morgan fingerprint density at radius 3 is 2.60 bits per heavy atom. The lowest BCUT2D eigenvalue weighted by atomic mass is 10.2. The minimum absolute atomic E-state index is 0.217. The van der Waals surface area contributed by atoms with Crippen LogP contribution in [-0.4, -0.2) is 37.2 Å². The van der Waals surface area contributed by atoms with Gasteiger partial charge >= 0.3 is 0 Å². The first kappa shape index (κ1) is 18.6. The summed E-state index contributed by atoms with van der Waals surface area (Å²) in [7, 11) is 1.62. The van der Waals surface area contributed by atoms with Gasteiger partial charge < -0.3 is 20.1 Å². The maximum atomic E-state index is 12.2. The molecule has 0 radical (unpaired) electrons. The molecule has 0 aliphatic heterocycles. The zero-order valence-electron chi connectivity index (χ0n) is 14.9. The van der Waals surface area contributed by atoms with Gasteiger partial charge in [0.15, 0.2) is 0 Å². The zero-order valence-corrected chi connectivity index (χ0v) is 14.9. The molecule has 2 N–H and O–H groups in total. The van der Waals surface area contributed by atoms with E-state index >= 15 is 0 Å². The number of benzene rings is 1. The minimum atomic E-state index is -0.217. The average Bonchev–Trinajstić information content (AvgIpc) is 2.65. The molecule has 6 nitrogen and oxygen atoms in total. The summed E-state index contributed by atoms with van der Waals surface area (Å²) < 4.78 is 10.7. The first-order valence-corrected chi connectivity index (χ1v) is 8.40. The molecule has 0 aliphatic rings. The molecule has 1 atom stereocenters. The van der Waals surface area contributed by atoms with E-state index in [4.69, 9.17) is 9.47 Å². The third kappa shape index (κ3) is 5.99. The van der Waals surface area contributed by atoms with Crippen molar-refractivity contribution in [3.05, 3.63) is 48.3 Å². The number of rotatable bonds is 9. The molecule has 1 aromatic heterocycles. The van der Waals surface area contributed by atoms with Crippen LogP contribution in [0.3, 0.4) is 0 Å². The van der Waals surface area contributed by atoms with E-state index in [0.29, 0.717) is 24.9 Å². The average molecular weight is 343 g/mol. The summed E-state index contributed by atoms with van der Waals surface area (Å²) in [6, 6.07) is 11.3. The number of amides is 1. The molecule has 0 saturated carbocycles. The molecule has 1 unspecified atom stereocenters. The van der Waals surface area contributed by atoms with Crippen molar-refractivity contribution >= 4 is 11.6 Å². The topological polar surface area (TPSA) is 72.5 Å². The van der Waals surface area contributed by atoms with Gasteiger partial charge in [0.1, 0.15) is 23.8 Å². The van der Waals surface area contributed by atoms with Gasteiger partial charge in [-0.25, -0.2) is 0 Å². The second-order valence-corrected chi connectivity index (χ2v) is 5.66. The number of aromatic nitrogens is 1. The third-order valence-electron chi connectivity index (χ3n) is 3.73. The van der Waals surface area contributed by atoms with Gasteiger partial charge in [0.25, 0.3) is 5.91 Å². The summed E-state index contributed by atoms with van der Waals surface area (Å²) >= 11 is 0. The summed E-state index contributed by atoms with van der Waals surface area (Å²) in [5.41, 5.74) is 1.28. The van der Waals surface area contributed by atoms with Crippen molar-refractivity contribution in [2.24, 2.45) is 0 Å².